The quantitative estimate of drug-likeness (QED) is 0.633. The molecule has 0 bridgehead atoms. The Morgan fingerprint density at radius 3 is 2.93 bits per heavy atom. The van der Waals surface area contributed by atoms with Crippen molar-refractivity contribution in [2.45, 2.75) is 6.17 Å². The van der Waals surface area contributed by atoms with Crippen LogP contribution in [0.15, 0.2) is 11.3 Å². The van der Waals surface area contributed by atoms with Gasteiger partial charge in [-0.15, -0.1) is 0 Å². The van der Waals surface area contributed by atoms with Gasteiger partial charge in [0.2, 0.25) is 0 Å². The molecule has 14 heavy (non-hydrogen) atoms. The smallest absolute Gasteiger partial charge is 0.267 e. The van der Waals surface area contributed by atoms with E-state index in [1.54, 1.807) is 0 Å². The van der Waals surface area contributed by atoms with Crippen LogP contribution in [0.1, 0.15) is 11.9 Å². The first kappa shape index (κ1) is 9.21. The lowest BCUT2D eigenvalue weighted by molar-refractivity contribution is -0.657. The third-order valence-corrected chi connectivity index (χ3v) is 2.45. The number of nitrogens with zero attached hydrogens (tertiary/aromatic N) is 4. The molecule has 0 amide bonds. The summed E-state index contributed by atoms with van der Waals surface area (Å²) in [5.74, 6) is 1.17. The van der Waals surface area contributed by atoms with Crippen LogP contribution in [0.2, 0.25) is 0 Å². The highest BCUT2D eigenvalue weighted by Gasteiger charge is 2.31. The first-order chi connectivity index (χ1) is 6.61. The van der Waals surface area contributed by atoms with E-state index in [1.807, 2.05) is 45.8 Å². The summed E-state index contributed by atoms with van der Waals surface area (Å²) < 4.78 is 2.07. The van der Waals surface area contributed by atoms with Crippen LogP contribution in [-0.2, 0) is 7.05 Å². The maximum atomic E-state index is 4.45. The minimum atomic E-state index is 0.0994. The molecule has 0 spiro atoms. The van der Waals surface area contributed by atoms with Crippen molar-refractivity contribution in [3.05, 3.63) is 12.0 Å². The van der Waals surface area contributed by atoms with E-state index in [-0.39, 0.29) is 6.17 Å². The molecule has 1 aliphatic rings. The second-order valence-electron chi connectivity index (χ2n) is 3.83. The third kappa shape index (κ3) is 1.21. The zero-order chi connectivity index (χ0) is 10.3. The lowest BCUT2D eigenvalue weighted by Gasteiger charge is -2.23. The van der Waals surface area contributed by atoms with E-state index in [0.717, 1.165) is 5.69 Å². The van der Waals surface area contributed by atoms with Gasteiger partial charge in [0.1, 0.15) is 0 Å². The molecule has 0 radical (unpaired) electrons. The van der Waals surface area contributed by atoms with Crippen LogP contribution in [0.25, 0.3) is 0 Å². The number of H-pyrrole nitrogens is 1. The summed E-state index contributed by atoms with van der Waals surface area (Å²) in [6.07, 6.45) is 3.91. The van der Waals surface area contributed by atoms with Crippen molar-refractivity contribution < 1.29 is 4.57 Å². The number of nitrogens with one attached hydrogen (secondary N) is 1. The molecule has 2 rings (SSSR count). The van der Waals surface area contributed by atoms with E-state index in [4.69, 9.17) is 0 Å². The van der Waals surface area contributed by atoms with E-state index in [9.17, 15) is 0 Å². The lowest BCUT2D eigenvalue weighted by Crippen LogP contribution is -2.38. The standard InChI is InChI=1S/C9H15N5/c1-12(2)8-7-9(13(3)5-10-7)14(4)6-11-8/h5-6,8H,1-4H3/p+1. The molecule has 1 aromatic heterocycles. The number of aryl methyl sites for hydroxylation is 1. The van der Waals surface area contributed by atoms with Crippen molar-refractivity contribution in [3.63, 3.8) is 0 Å². The Bertz CT molecular complexity index is 365. The first-order valence-corrected chi connectivity index (χ1v) is 4.60. The van der Waals surface area contributed by atoms with Gasteiger partial charge >= 0.3 is 0 Å². The summed E-state index contributed by atoms with van der Waals surface area (Å²) in [7, 11) is 8.08. The normalized spacial score (nSPS) is 20.4. The third-order valence-electron chi connectivity index (χ3n) is 2.45. The Balaban J connectivity index is 2.48. The predicted molar refractivity (Wildman–Crippen MR) is 55.3 cm³/mol. The Labute approximate surface area is 83.7 Å². The zero-order valence-corrected chi connectivity index (χ0v) is 9.02. The Morgan fingerprint density at radius 2 is 2.29 bits per heavy atom. The fraction of sp³-hybridized carbons (Fsp3) is 0.556. The topological polar surface area (TPSA) is 38.5 Å². The molecule has 76 valence electrons. The van der Waals surface area contributed by atoms with E-state index < -0.39 is 0 Å². The summed E-state index contributed by atoms with van der Waals surface area (Å²) in [5, 5.41) is 0. The minimum Gasteiger partial charge on any atom is -0.282 e. The minimum absolute atomic E-state index is 0.0994. The summed E-state index contributed by atoms with van der Waals surface area (Å²) in [5.41, 5.74) is 1.14. The van der Waals surface area contributed by atoms with Gasteiger partial charge in [-0.3, -0.25) is 14.8 Å². The first-order valence-electron chi connectivity index (χ1n) is 4.60. The number of aliphatic imine (C=N–C) groups is 1. The van der Waals surface area contributed by atoms with Crippen LogP contribution in [0.4, 0.5) is 5.82 Å². The van der Waals surface area contributed by atoms with Crippen molar-refractivity contribution in [2.24, 2.45) is 12.0 Å². The molecule has 1 aliphatic heterocycles. The summed E-state index contributed by atoms with van der Waals surface area (Å²) in [6, 6.07) is 0. The summed E-state index contributed by atoms with van der Waals surface area (Å²) in [6.45, 7) is 0. The van der Waals surface area contributed by atoms with Crippen LogP contribution >= 0.6 is 0 Å². The molecular weight excluding hydrogens is 178 g/mol. The van der Waals surface area contributed by atoms with Gasteiger partial charge in [0.15, 0.2) is 24.5 Å². The second kappa shape index (κ2) is 3.09. The van der Waals surface area contributed by atoms with Crippen molar-refractivity contribution in [1.29, 1.82) is 0 Å². The summed E-state index contributed by atoms with van der Waals surface area (Å²) >= 11 is 0. The largest absolute Gasteiger partial charge is 0.282 e. The fourth-order valence-electron chi connectivity index (χ4n) is 1.79. The van der Waals surface area contributed by atoms with Crippen LogP contribution in [0.5, 0.6) is 0 Å². The second-order valence-corrected chi connectivity index (χ2v) is 3.83. The number of imidazole rings is 1. The number of aromatic nitrogens is 2. The van der Waals surface area contributed by atoms with Gasteiger partial charge < -0.3 is 0 Å². The van der Waals surface area contributed by atoms with E-state index in [0.29, 0.717) is 0 Å². The van der Waals surface area contributed by atoms with Crippen molar-refractivity contribution in [3.8, 4) is 0 Å². The molecule has 0 saturated carbocycles. The van der Waals surface area contributed by atoms with Gasteiger partial charge in [-0.25, -0.2) is 9.56 Å². The highest BCUT2D eigenvalue weighted by molar-refractivity contribution is 5.78. The molecule has 1 N–H and O–H groups in total. The van der Waals surface area contributed by atoms with Crippen molar-refractivity contribution in [1.82, 2.24) is 9.88 Å². The number of anilines is 1. The monoisotopic (exact) mass is 194 g/mol. The number of fused-ring (bicyclic) bond motifs is 1. The molecule has 1 aromatic rings. The number of hydrogen-bond acceptors (Lipinski definition) is 3. The number of rotatable bonds is 1. The Morgan fingerprint density at radius 1 is 1.57 bits per heavy atom. The molecule has 1 atom stereocenters. The average molecular weight is 194 g/mol. The van der Waals surface area contributed by atoms with Gasteiger partial charge in [-0.2, -0.15) is 0 Å². The highest BCUT2D eigenvalue weighted by atomic mass is 15.3. The van der Waals surface area contributed by atoms with Gasteiger partial charge in [-0.1, -0.05) is 0 Å². The summed E-state index contributed by atoms with van der Waals surface area (Å²) in [4.78, 5) is 11.8. The Kier molecular flexibility index (Phi) is 2.03. The molecule has 0 aliphatic carbocycles. The van der Waals surface area contributed by atoms with E-state index in [1.165, 1.54) is 5.82 Å². The van der Waals surface area contributed by atoms with Gasteiger partial charge in [0, 0.05) is 0 Å². The zero-order valence-electron chi connectivity index (χ0n) is 9.02. The molecule has 1 unspecified atom stereocenters. The molecule has 5 heteroatoms. The van der Waals surface area contributed by atoms with E-state index in [2.05, 4.69) is 19.4 Å². The molecule has 0 fully saturated rings. The van der Waals surface area contributed by atoms with Crippen LogP contribution in [0, 0.1) is 0 Å². The lowest BCUT2D eigenvalue weighted by atomic mass is 10.3. The van der Waals surface area contributed by atoms with Gasteiger partial charge in [0.05, 0.1) is 14.1 Å². The molecule has 0 aromatic carbocycles. The molecule has 0 saturated heterocycles. The number of hydrogen-bond donors (Lipinski definition) is 1. The van der Waals surface area contributed by atoms with Crippen LogP contribution in [-0.4, -0.2) is 37.4 Å². The fourth-order valence-corrected chi connectivity index (χ4v) is 1.79. The maximum Gasteiger partial charge on any atom is 0.267 e. The van der Waals surface area contributed by atoms with E-state index >= 15 is 0 Å². The molecule has 2 heterocycles. The average Bonchev–Trinajstić information content (AvgIpc) is 2.49. The van der Waals surface area contributed by atoms with Crippen molar-refractivity contribution in [2.75, 3.05) is 26.0 Å². The number of aromatic amines is 1. The predicted octanol–water partition coefficient (Wildman–Crippen LogP) is -0.123. The maximum absolute atomic E-state index is 4.45. The Hall–Kier alpha value is -1.36. The molecule has 5 nitrogen and oxygen atoms in total. The van der Waals surface area contributed by atoms with Gasteiger partial charge in [0.25, 0.3) is 5.82 Å². The van der Waals surface area contributed by atoms with Crippen LogP contribution in [0.3, 0.4) is 0 Å². The van der Waals surface area contributed by atoms with Crippen LogP contribution < -0.4 is 9.47 Å². The van der Waals surface area contributed by atoms with Gasteiger partial charge in [-0.05, 0) is 14.1 Å². The van der Waals surface area contributed by atoms with Crippen molar-refractivity contribution >= 4 is 12.2 Å². The molecular formula is C9H16N5+. The highest BCUT2D eigenvalue weighted by Crippen LogP contribution is 2.27. The SMILES string of the molecule is CN1C=NC(N(C)C)c2[nH]c[n+](C)c21.